The van der Waals surface area contributed by atoms with Gasteiger partial charge in [0, 0.05) is 10.2 Å². The summed E-state index contributed by atoms with van der Waals surface area (Å²) in [6.45, 7) is 5.16. The van der Waals surface area contributed by atoms with Crippen molar-refractivity contribution in [2.24, 2.45) is 5.92 Å². The van der Waals surface area contributed by atoms with E-state index in [-0.39, 0.29) is 11.9 Å². The van der Waals surface area contributed by atoms with E-state index in [1.165, 1.54) is 6.42 Å². The second-order valence-electron chi connectivity index (χ2n) is 5.26. The van der Waals surface area contributed by atoms with Gasteiger partial charge < -0.3 is 10.6 Å². The van der Waals surface area contributed by atoms with Crippen LogP contribution in [0, 0.1) is 12.8 Å². The van der Waals surface area contributed by atoms with Crippen molar-refractivity contribution in [3.05, 3.63) is 28.2 Å². The monoisotopic (exact) mass is 324 g/mol. The first kappa shape index (κ1) is 14.5. The van der Waals surface area contributed by atoms with E-state index >= 15 is 0 Å². The number of halogens is 1. The molecule has 1 aromatic rings. The number of piperidine rings is 1. The predicted molar refractivity (Wildman–Crippen MR) is 82.3 cm³/mol. The molecule has 0 spiro atoms. The summed E-state index contributed by atoms with van der Waals surface area (Å²) in [6, 6.07) is 5.83. The number of benzene rings is 1. The van der Waals surface area contributed by atoms with Gasteiger partial charge in [-0.15, -0.1) is 0 Å². The molecule has 1 amide bonds. The third-order valence-corrected chi connectivity index (χ3v) is 4.72. The summed E-state index contributed by atoms with van der Waals surface area (Å²) in [5, 5.41) is 6.31. The zero-order chi connectivity index (χ0) is 13.8. The Kier molecular flexibility index (Phi) is 4.99. The van der Waals surface area contributed by atoms with Gasteiger partial charge in [0.15, 0.2) is 0 Å². The number of hydrogen-bond acceptors (Lipinski definition) is 2. The molecule has 2 N–H and O–H groups in total. The minimum atomic E-state index is -0.0531. The molecule has 1 fully saturated rings. The highest BCUT2D eigenvalue weighted by molar-refractivity contribution is 9.10. The van der Waals surface area contributed by atoms with E-state index in [4.69, 9.17) is 0 Å². The van der Waals surface area contributed by atoms with Crippen molar-refractivity contribution in [2.75, 3.05) is 11.9 Å². The molecule has 2 unspecified atom stereocenters. The lowest BCUT2D eigenvalue weighted by Gasteiger charge is -2.28. The molecule has 1 saturated heterocycles. The van der Waals surface area contributed by atoms with Gasteiger partial charge in [0.1, 0.15) is 0 Å². The van der Waals surface area contributed by atoms with Gasteiger partial charge in [-0.1, -0.05) is 29.3 Å². The van der Waals surface area contributed by atoms with Crippen molar-refractivity contribution < 1.29 is 4.79 Å². The molecule has 19 heavy (non-hydrogen) atoms. The Morgan fingerprint density at radius 3 is 3.00 bits per heavy atom. The van der Waals surface area contributed by atoms with Crippen LogP contribution < -0.4 is 10.6 Å². The molecular weight excluding hydrogens is 304 g/mol. The van der Waals surface area contributed by atoms with Gasteiger partial charge in [-0.2, -0.15) is 0 Å². The Morgan fingerprint density at radius 1 is 1.53 bits per heavy atom. The van der Waals surface area contributed by atoms with E-state index in [9.17, 15) is 4.79 Å². The lowest BCUT2D eigenvalue weighted by molar-refractivity contribution is -0.119. The first-order valence-corrected chi connectivity index (χ1v) is 7.70. The highest BCUT2D eigenvalue weighted by Crippen LogP contribution is 2.22. The molecule has 1 heterocycles. The van der Waals surface area contributed by atoms with E-state index < -0.39 is 0 Å². The third-order valence-electron chi connectivity index (χ3n) is 3.83. The second-order valence-corrected chi connectivity index (χ2v) is 6.11. The third kappa shape index (κ3) is 3.80. The van der Waals surface area contributed by atoms with Crippen LogP contribution >= 0.6 is 15.9 Å². The largest absolute Gasteiger partial charge is 0.325 e. The van der Waals surface area contributed by atoms with Crippen LogP contribution in [-0.4, -0.2) is 18.5 Å². The molecular formula is C15H21BrN2O. The highest BCUT2D eigenvalue weighted by Gasteiger charge is 2.25. The van der Waals surface area contributed by atoms with Crippen molar-refractivity contribution in [1.82, 2.24) is 5.32 Å². The predicted octanol–water partition coefficient (Wildman–Crippen LogP) is 3.47. The van der Waals surface area contributed by atoms with Crippen LogP contribution in [0.15, 0.2) is 22.7 Å². The summed E-state index contributed by atoms with van der Waals surface area (Å²) in [5.74, 6) is 0.753. The number of anilines is 1. The molecule has 2 rings (SSSR count). The van der Waals surface area contributed by atoms with Crippen molar-refractivity contribution in [3.63, 3.8) is 0 Å². The fraction of sp³-hybridized carbons (Fsp3) is 0.533. The molecule has 4 heteroatoms. The van der Waals surface area contributed by atoms with Gasteiger partial charge in [0.25, 0.3) is 0 Å². The molecule has 0 radical (unpaired) electrons. The Balaban J connectivity index is 1.98. The van der Waals surface area contributed by atoms with E-state index in [2.05, 4.69) is 33.5 Å². The maximum atomic E-state index is 12.2. The quantitative estimate of drug-likeness (QED) is 0.893. The number of aryl methyl sites for hydroxylation is 1. The molecule has 3 nitrogen and oxygen atoms in total. The highest BCUT2D eigenvalue weighted by atomic mass is 79.9. The number of carbonyl (C=O) groups excluding carboxylic acids is 1. The van der Waals surface area contributed by atoms with Gasteiger partial charge in [-0.25, -0.2) is 0 Å². The Bertz CT molecular complexity index is 461. The fourth-order valence-corrected chi connectivity index (χ4v) is 2.77. The number of nitrogens with one attached hydrogen (secondary N) is 2. The van der Waals surface area contributed by atoms with E-state index in [1.807, 2.05) is 25.1 Å². The summed E-state index contributed by atoms with van der Waals surface area (Å²) in [4.78, 5) is 12.2. The Labute approximate surface area is 123 Å². The standard InChI is InChI=1S/C15H21BrN2O/c1-3-11-6-7-17-14(9-11)15(19)18-12-4-5-13(16)10(2)8-12/h4-5,8,11,14,17H,3,6-7,9H2,1-2H3,(H,18,19). The maximum Gasteiger partial charge on any atom is 0.241 e. The lowest BCUT2D eigenvalue weighted by atomic mass is 9.90. The Morgan fingerprint density at radius 2 is 2.32 bits per heavy atom. The molecule has 2 atom stereocenters. The lowest BCUT2D eigenvalue weighted by Crippen LogP contribution is -2.46. The average Bonchev–Trinajstić information content (AvgIpc) is 2.43. The molecule has 1 aromatic carbocycles. The fourth-order valence-electron chi connectivity index (χ4n) is 2.52. The van der Waals surface area contributed by atoms with Crippen molar-refractivity contribution in [2.45, 2.75) is 39.2 Å². The van der Waals surface area contributed by atoms with Crippen molar-refractivity contribution in [1.29, 1.82) is 0 Å². The zero-order valence-corrected chi connectivity index (χ0v) is 13.1. The first-order valence-electron chi connectivity index (χ1n) is 6.90. The van der Waals surface area contributed by atoms with Crippen LogP contribution in [-0.2, 0) is 4.79 Å². The van der Waals surface area contributed by atoms with Crippen LogP contribution in [0.3, 0.4) is 0 Å². The van der Waals surface area contributed by atoms with E-state index in [0.717, 1.165) is 35.1 Å². The minimum Gasteiger partial charge on any atom is -0.325 e. The second kappa shape index (κ2) is 6.53. The van der Waals surface area contributed by atoms with Crippen LogP contribution in [0.4, 0.5) is 5.69 Å². The van der Waals surface area contributed by atoms with Crippen molar-refractivity contribution in [3.8, 4) is 0 Å². The van der Waals surface area contributed by atoms with Crippen LogP contribution in [0.5, 0.6) is 0 Å². The first-order chi connectivity index (χ1) is 9.10. The molecule has 0 saturated carbocycles. The molecule has 1 aliphatic heterocycles. The van der Waals surface area contributed by atoms with Crippen molar-refractivity contribution >= 4 is 27.5 Å². The molecule has 0 aliphatic carbocycles. The molecule has 104 valence electrons. The molecule has 0 bridgehead atoms. The Hall–Kier alpha value is -0.870. The summed E-state index contributed by atoms with van der Waals surface area (Å²) in [5.41, 5.74) is 1.99. The SMILES string of the molecule is CCC1CCNC(C(=O)Nc2ccc(Br)c(C)c2)C1. The molecule has 1 aliphatic rings. The average molecular weight is 325 g/mol. The summed E-state index contributed by atoms with van der Waals surface area (Å²) in [6.07, 6.45) is 3.28. The smallest absolute Gasteiger partial charge is 0.241 e. The zero-order valence-electron chi connectivity index (χ0n) is 11.5. The number of amides is 1. The van der Waals surface area contributed by atoms with Gasteiger partial charge in [-0.05, 0) is 56.0 Å². The van der Waals surface area contributed by atoms with Gasteiger partial charge in [0.2, 0.25) is 5.91 Å². The number of rotatable bonds is 3. The molecule has 0 aromatic heterocycles. The maximum absolute atomic E-state index is 12.2. The van der Waals surface area contributed by atoms with Gasteiger partial charge >= 0.3 is 0 Å². The van der Waals surface area contributed by atoms with E-state index in [1.54, 1.807) is 0 Å². The minimum absolute atomic E-state index is 0.0531. The normalized spacial score (nSPS) is 23.1. The number of hydrogen-bond donors (Lipinski definition) is 2. The topological polar surface area (TPSA) is 41.1 Å². The summed E-state index contributed by atoms with van der Waals surface area (Å²) < 4.78 is 1.06. The van der Waals surface area contributed by atoms with E-state index in [0.29, 0.717) is 5.92 Å². The summed E-state index contributed by atoms with van der Waals surface area (Å²) in [7, 11) is 0. The van der Waals surface area contributed by atoms with Crippen LogP contribution in [0.1, 0.15) is 31.7 Å². The number of carbonyl (C=O) groups is 1. The van der Waals surface area contributed by atoms with Gasteiger partial charge in [-0.3, -0.25) is 4.79 Å². The van der Waals surface area contributed by atoms with Crippen LogP contribution in [0.2, 0.25) is 0 Å². The van der Waals surface area contributed by atoms with Gasteiger partial charge in [0.05, 0.1) is 6.04 Å². The summed E-state index contributed by atoms with van der Waals surface area (Å²) >= 11 is 3.46. The van der Waals surface area contributed by atoms with Crippen LogP contribution in [0.25, 0.3) is 0 Å².